The molecule has 0 aliphatic carbocycles. The molecule has 100 valence electrons. The van der Waals surface area contributed by atoms with Gasteiger partial charge in [-0.3, -0.25) is 10.1 Å². The van der Waals surface area contributed by atoms with Crippen molar-refractivity contribution in [2.24, 2.45) is 0 Å². The maximum absolute atomic E-state index is 13.6. The van der Waals surface area contributed by atoms with Crippen LogP contribution < -0.4 is 5.32 Å². The Hall–Kier alpha value is -1.65. The number of para-hydroxylation sites is 1. The zero-order valence-electron chi connectivity index (χ0n) is 10.8. The summed E-state index contributed by atoms with van der Waals surface area (Å²) in [5, 5.41) is 13.7. The van der Waals surface area contributed by atoms with Crippen LogP contribution in [0.4, 0.5) is 15.8 Å². The van der Waals surface area contributed by atoms with Crippen molar-refractivity contribution < 1.29 is 9.31 Å². The van der Waals surface area contributed by atoms with Gasteiger partial charge in [0.25, 0.3) is 5.69 Å². The summed E-state index contributed by atoms with van der Waals surface area (Å²) >= 11 is 0. The van der Waals surface area contributed by atoms with Gasteiger partial charge in [-0.15, -0.1) is 0 Å². The van der Waals surface area contributed by atoms with E-state index in [0.29, 0.717) is 0 Å². The number of hydrogen-bond donors (Lipinski definition) is 1. The van der Waals surface area contributed by atoms with E-state index in [1.54, 1.807) is 0 Å². The summed E-state index contributed by atoms with van der Waals surface area (Å²) in [7, 11) is 0. The van der Waals surface area contributed by atoms with E-state index in [1.807, 2.05) is 6.92 Å². The third kappa shape index (κ3) is 3.98. The Morgan fingerprint density at radius 2 is 2.17 bits per heavy atom. The van der Waals surface area contributed by atoms with Crippen LogP contribution in [0, 0.1) is 15.9 Å². The van der Waals surface area contributed by atoms with Gasteiger partial charge in [-0.2, -0.15) is 0 Å². The van der Waals surface area contributed by atoms with Gasteiger partial charge in [0.05, 0.1) is 4.92 Å². The predicted molar refractivity (Wildman–Crippen MR) is 70.3 cm³/mol. The predicted octanol–water partition coefficient (Wildman–Crippen LogP) is 4.11. The summed E-state index contributed by atoms with van der Waals surface area (Å²) in [6.07, 6.45) is 4.14. The summed E-state index contributed by atoms with van der Waals surface area (Å²) in [5.41, 5.74) is -0.219. The summed E-state index contributed by atoms with van der Waals surface area (Å²) in [6.45, 7) is 4.02. The van der Waals surface area contributed by atoms with E-state index in [9.17, 15) is 14.5 Å². The van der Waals surface area contributed by atoms with E-state index in [-0.39, 0.29) is 17.4 Å². The molecule has 1 atom stereocenters. The molecule has 1 unspecified atom stereocenters. The molecule has 4 nitrogen and oxygen atoms in total. The summed E-state index contributed by atoms with van der Waals surface area (Å²) < 4.78 is 13.6. The minimum atomic E-state index is -0.577. The van der Waals surface area contributed by atoms with Gasteiger partial charge >= 0.3 is 0 Å². The van der Waals surface area contributed by atoms with E-state index < -0.39 is 10.7 Å². The Morgan fingerprint density at radius 1 is 1.44 bits per heavy atom. The smallest absolute Gasteiger partial charge is 0.295 e. The van der Waals surface area contributed by atoms with Crippen LogP contribution in [0.5, 0.6) is 0 Å². The molecule has 5 heteroatoms. The summed E-state index contributed by atoms with van der Waals surface area (Å²) in [4.78, 5) is 10.2. The van der Waals surface area contributed by atoms with Crippen molar-refractivity contribution in [2.45, 2.75) is 45.6 Å². The highest BCUT2D eigenvalue weighted by atomic mass is 19.1. The van der Waals surface area contributed by atoms with E-state index in [1.165, 1.54) is 18.2 Å². The van der Waals surface area contributed by atoms with Crippen molar-refractivity contribution in [3.05, 3.63) is 34.1 Å². The van der Waals surface area contributed by atoms with Crippen LogP contribution in [0.15, 0.2) is 18.2 Å². The lowest BCUT2D eigenvalue weighted by Gasteiger charge is -2.15. The fourth-order valence-corrected chi connectivity index (χ4v) is 1.83. The van der Waals surface area contributed by atoms with Gasteiger partial charge in [-0.1, -0.05) is 32.3 Å². The minimum Gasteiger partial charge on any atom is -0.375 e. The molecule has 0 aromatic heterocycles. The lowest BCUT2D eigenvalue weighted by molar-refractivity contribution is -0.384. The molecule has 0 heterocycles. The minimum absolute atomic E-state index is 0.00787. The number of anilines is 1. The highest BCUT2D eigenvalue weighted by Gasteiger charge is 2.18. The lowest BCUT2D eigenvalue weighted by Crippen LogP contribution is -2.17. The van der Waals surface area contributed by atoms with Gasteiger partial charge in [0, 0.05) is 12.1 Å². The van der Waals surface area contributed by atoms with Gasteiger partial charge in [0.15, 0.2) is 5.82 Å². The second-order valence-electron chi connectivity index (χ2n) is 4.43. The summed E-state index contributed by atoms with van der Waals surface area (Å²) in [5.74, 6) is -0.577. The fourth-order valence-electron chi connectivity index (χ4n) is 1.83. The number of unbranched alkanes of at least 4 members (excludes halogenated alkanes) is 2. The first kappa shape index (κ1) is 14.4. The molecular weight excluding hydrogens is 235 g/mol. The molecule has 1 aromatic rings. The van der Waals surface area contributed by atoms with Crippen LogP contribution in [0.25, 0.3) is 0 Å². The van der Waals surface area contributed by atoms with Gasteiger partial charge in [0.2, 0.25) is 0 Å². The Balaban J connectivity index is 2.73. The SMILES string of the molecule is CCCCCC(C)Nc1c(F)cccc1[N+](=O)[O-]. The molecule has 0 spiro atoms. The lowest BCUT2D eigenvalue weighted by atomic mass is 10.1. The molecule has 1 N–H and O–H groups in total. The first-order valence-electron chi connectivity index (χ1n) is 6.25. The van der Waals surface area contributed by atoms with Gasteiger partial charge in [0.1, 0.15) is 5.69 Å². The number of nitrogens with zero attached hydrogens (tertiary/aromatic N) is 1. The second-order valence-corrected chi connectivity index (χ2v) is 4.43. The van der Waals surface area contributed by atoms with Crippen molar-refractivity contribution >= 4 is 11.4 Å². The number of nitro benzene ring substituents is 1. The Morgan fingerprint density at radius 3 is 2.78 bits per heavy atom. The molecule has 0 aliphatic heterocycles. The molecule has 0 aliphatic rings. The fraction of sp³-hybridized carbons (Fsp3) is 0.538. The largest absolute Gasteiger partial charge is 0.375 e. The molecule has 0 saturated heterocycles. The third-order valence-electron chi connectivity index (χ3n) is 2.82. The van der Waals surface area contributed by atoms with E-state index in [4.69, 9.17) is 0 Å². The van der Waals surface area contributed by atoms with Crippen LogP contribution in [0.2, 0.25) is 0 Å². The molecule has 0 bridgehead atoms. The topological polar surface area (TPSA) is 55.2 Å². The molecular formula is C13H19FN2O2. The van der Waals surface area contributed by atoms with Crippen LogP contribution >= 0.6 is 0 Å². The van der Waals surface area contributed by atoms with Gasteiger partial charge < -0.3 is 5.32 Å². The Bertz CT molecular complexity index is 410. The van der Waals surface area contributed by atoms with Crippen molar-refractivity contribution in [3.8, 4) is 0 Å². The Labute approximate surface area is 106 Å². The zero-order chi connectivity index (χ0) is 13.5. The van der Waals surface area contributed by atoms with Crippen LogP contribution in [0.3, 0.4) is 0 Å². The van der Waals surface area contributed by atoms with Gasteiger partial charge in [-0.25, -0.2) is 4.39 Å². The van der Waals surface area contributed by atoms with Crippen molar-refractivity contribution in [2.75, 3.05) is 5.32 Å². The first-order valence-corrected chi connectivity index (χ1v) is 6.25. The molecule has 18 heavy (non-hydrogen) atoms. The average molecular weight is 254 g/mol. The zero-order valence-corrected chi connectivity index (χ0v) is 10.8. The van der Waals surface area contributed by atoms with E-state index >= 15 is 0 Å². The maximum atomic E-state index is 13.6. The average Bonchev–Trinajstić information content (AvgIpc) is 2.31. The van der Waals surface area contributed by atoms with Crippen LogP contribution in [-0.2, 0) is 0 Å². The van der Waals surface area contributed by atoms with E-state index in [0.717, 1.165) is 25.7 Å². The molecule has 1 aromatic carbocycles. The van der Waals surface area contributed by atoms with Gasteiger partial charge in [-0.05, 0) is 19.4 Å². The quantitative estimate of drug-likeness (QED) is 0.452. The normalized spacial score (nSPS) is 12.2. The number of hydrogen-bond acceptors (Lipinski definition) is 3. The second kappa shape index (κ2) is 6.93. The van der Waals surface area contributed by atoms with Crippen molar-refractivity contribution in [1.82, 2.24) is 0 Å². The molecule has 1 rings (SSSR count). The monoisotopic (exact) mass is 254 g/mol. The highest BCUT2D eigenvalue weighted by Crippen LogP contribution is 2.28. The van der Waals surface area contributed by atoms with Crippen molar-refractivity contribution in [3.63, 3.8) is 0 Å². The number of benzene rings is 1. The molecule has 0 radical (unpaired) electrons. The number of halogens is 1. The Kier molecular flexibility index (Phi) is 5.55. The number of rotatable bonds is 7. The van der Waals surface area contributed by atoms with Crippen LogP contribution in [0.1, 0.15) is 39.5 Å². The first-order chi connectivity index (χ1) is 8.56. The highest BCUT2D eigenvalue weighted by molar-refractivity contribution is 5.62. The molecule has 0 fully saturated rings. The maximum Gasteiger partial charge on any atom is 0.295 e. The number of nitrogens with one attached hydrogen (secondary N) is 1. The summed E-state index contributed by atoms with van der Waals surface area (Å²) in [6, 6.07) is 3.91. The third-order valence-corrected chi connectivity index (χ3v) is 2.82. The van der Waals surface area contributed by atoms with E-state index in [2.05, 4.69) is 12.2 Å². The number of nitro groups is 1. The standard InChI is InChI=1S/C13H19FN2O2/c1-3-4-5-7-10(2)15-13-11(14)8-6-9-12(13)16(17)18/h6,8-10,15H,3-5,7H2,1-2H3. The van der Waals surface area contributed by atoms with Crippen LogP contribution in [-0.4, -0.2) is 11.0 Å². The molecule has 0 saturated carbocycles. The van der Waals surface area contributed by atoms with Crippen molar-refractivity contribution in [1.29, 1.82) is 0 Å². The molecule has 0 amide bonds.